The van der Waals surface area contributed by atoms with Crippen LogP contribution in [-0.2, 0) is 28.6 Å². The molecular formula is C18H25FN4O2S2. The first-order chi connectivity index (χ1) is 12.7. The summed E-state index contributed by atoms with van der Waals surface area (Å²) in [6, 6.07) is 4.14. The Morgan fingerprint density at radius 2 is 2.00 bits per heavy atom. The summed E-state index contributed by atoms with van der Waals surface area (Å²) in [7, 11) is -1.55. The zero-order chi connectivity index (χ0) is 20.0. The predicted molar refractivity (Wildman–Crippen MR) is 108 cm³/mol. The number of aliphatic imine (C=N–C) groups is 1. The molecule has 0 amide bonds. The molecule has 0 atom stereocenters. The number of hydrogen-bond donors (Lipinski definition) is 2. The number of nitrogens with zero attached hydrogens (tertiary/aromatic N) is 2. The number of aromatic nitrogens is 1. The van der Waals surface area contributed by atoms with Crippen molar-refractivity contribution in [1.82, 2.24) is 15.6 Å². The molecule has 1 aromatic carbocycles. The van der Waals surface area contributed by atoms with Gasteiger partial charge in [0.2, 0.25) is 0 Å². The first kappa shape index (κ1) is 21.3. The van der Waals surface area contributed by atoms with Crippen molar-refractivity contribution in [2.24, 2.45) is 4.99 Å². The highest BCUT2D eigenvalue weighted by Crippen LogP contribution is 2.17. The molecule has 2 rings (SSSR count). The Bertz CT molecular complexity index is 923. The van der Waals surface area contributed by atoms with Gasteiger partial charge in [-0.3, -0.25) is 4.99 Å². The molecule has 0 bridgehead atoms. The van der Waals surface area contributed by atoms with E-state index in [1.165, 1.54) is 23.1 Å². The van der Waals surface area contributed by atoms with Crippen LogP contribution < -0.4 is 10.6 Å². The zero-order valence-corrected chi connectivity index (χ0v) is 17.6. The number of benzene rings is 1. The van der Waals surface area contributed by atoms with E-state index in [-0.39, 0.29) is 12.3 Å². The second-order valence-electron chi connectivity index (χ2n) is 6.33. The van der Waals surface area contributed by atoms with Crippen LogP contribution in [0.5, 0.6) is 0 Å². The monoisotopic (exact) mass is 412 g/mol. The summed E-state index contributed by atoms with van der Waals surface area (Å²) in [5.41, 5.74) is 2.22. The van der Waals surface area contributed by atoms with Crippen LogP contribution in [0.4, 0.5) is 4.39 Å². The van der Waals surface area contributed by atoms with E-state index in [2.05, 4.69) is 20.6 Å². The first-order valence-corrected chi connectivity index (χ1v) is 11.4. The van der Waals surface area contributed by atoms with Gasteiger partial charge in [0.1, 0.15) is 5.82 Å². The lowest BCUT2D eigenvalue weighted by Gasteiger charge is -2.14. The Kier molecular flexibility index (Phi) is 7.32. The van der Waals surface area contributed by atoms with Crippen molar-refractivity contribution in [3.8, 4) is 0 Å². The standard InChI is InChI=1S/C18H25FN4O2S2/c1-12-17(26-13(2)23-12)7-8-21-18(20-3)22-10-15-9-16(19)6-5-14(15)11-27(4,24)25/h5-6,9H,7-8,10-11H2,1-4H3,(H2,20,21,22). The second kappa shape index (κ2) is 9.27. The molecule has 0 fully saturated rings. The van der Waals surface area contributed by atoms with E-state index in [0.29, 0.717) is 23.6 Å². The molecule has 9 heteroatoms. The molecule has 0 unspecified atom stereocenters. The molecule has 0 aliphatic carbocycles. The van der Waals surface area contributed by atoms with Crippen LogP contribution in [0.15, 0.2) is 23.2 Å². The fourth-order valence-electron chi connectivity index (χ4n) is 2.68. The number of thiazole rings is 1. The molecular weight excluding hydrogens is 387 g/mol. The van der Waals surface area contributed by atoms with Crippen LogP contribution in [0.25, 0.3) is 0 Å². The SMILES string of the molecule is CN=C(NCCc1sc(C)nc1C)NCc1cc(F)ccc1CS(C)(=O)=O. The zero-order valence-electron chi connectivity index (χ0n) is 16.0. The molecule has 1 aromatic heterocycles. The van der Waals surface area contributed by atoms with Gasteiger partial charge >= 0.3 is 0 Å². The van der Waals surface area contributed by atoms with Crippen molar-refractivity contribution in [3.63, 3.8) is 0 Å². The summed E-state index contributed by atoms with van der Waals surface area (Å²) in [4.78, 5) is 9.80. The molecule has 1 heterocycles. The predicted octanol–water partition coefficient (Wildman–Crippen LogP) is 2.35. The van der Waals surface area contributed by atoms with E-state index in [1.807, 2.05) is 13.8 Å². The molecule has 0 saturated heterocycles. The maximum Gasteiger partial charge on any atom is 0.191 e. The van der Waals surface area contributed by atoms with Gasteiger partial charge in [0.15, 0.2) is 15.8 Å². The van der Waals surface area contributed by atoms with Gasteiger partial charge in [0.25, 0.3) is 0 Å². The maximum absolute atomic E-state index is 13.6. The molecule has 0 saturated carbocycles. The molecule has 148 valence electrons. The molecule has 0 spiro atoms. The van der Waals surface area contributed by atoms with Crippen molar-refractivity contribution >= 4 is 27.1 Å². The van der Waals surface area contributed by atoms with Crippen LogP contribution in [0, 0.1) is 19.7 Å². The average molecular weight is 413 g/mol. The highest BCUT2D eigenvalue weighted by atomic mass is 32.2. The first-order valence-electron chi connectivity index (χ1n) is 8.50. The highest BCUT2D eigenvalue weighted by molar-refractivity contribution is 7.89. The third-order valence-corrected chi connectivity index (χ3v) is 5.87. The topological polar surface area (TPSA) is 83.4 Å². The number of sulfone groups is 1. The third-order valence-electron chi connectivity index (χ3n) is 3.90. The van der Waals surface area contributed by atoms with Gasteiger partial charge < -0.3 is 10.6 Å². The number of guanidine groups is 1. The minimum Gasteiger partial charge on any atom is -0.356 e. The molecule has 6 nitrogen and oxygen atoms in total. The smallest absolute Gasteiger partial charge is 0.191 e. The molecule has 2 N–H and O–H groups in total. The number of nitrogens with one attached hydrogen (secondary N) is 2. The normalized spacial score (nSPS) is 12.3. The minimum atomic E-state index is -3.20. The van der Waals surface area contributed by atoms with Crippen molar-refractivity contribution in [3.05, 3.63) is 50.7 Å². The lowest BCUT2D eigenvalue weighted by atomic mass is 10.1. The highest BCUT2D eigenvalue weighted by Gasteiger charge is 2.11. The van der Waals surface area contributed by atoms with Crippen LogP contribution in [0.3, 0.4) is 0 Å². The molecule has 27 heavy (non-hydrogen) atoms. The van der Waals surface area contributed by atoms with Gasteiger partial charge in [-0.05, 0) is 37.1 Å². The average Bonchev–Trinajstić information content (AvgIpc) is 2.89. The van der Waals surface area contributed by atoms with Crippen LogP contribution in [0.2, 0.25) is 0 Å². The fourth-order valence-corrected chi connectivity index (χ4v) is 4.46. The van der Waals surface area contributed by atoms with Crippen LogP contribution >= 0.6 is 11.3 Å². The summed E-state index contributed by atoms with van der Waals surface area (Å²) in [5, 5.41) is 7.37. The molecule has 2 aromatic rings. The van der Waals surface area contributed by atoms with Crippen LogP contribution in [-0.4, -0.2) is 39.2 Å². The quantitative estimate of drug-likeness (QED) is 0.539. The Balaban J connectivity index is 1.95. The van der Waals surface area contributed by atoms with E-state index in [0.717, 1.165) is 23.4 Å². The number of rotatable bonds is 7. The molecule has 0 radical (unpaired) electrons. The van der Waals surface area contributed by atoms with Gasteiger partial charge in [-0.15, -0.1) is 11.3 Å². The Hall–Kier alpha value is -2.00. The number of halogens is 1. The van der Waals surface area contributed by atoms with Gasteiger partial charge in [-0.2, -0.15) is 0 Å². The fraction of sp³-hybridized carbons (Fsp3) is 0.444. The van der Waals surface area contributed by atoms with Crippen molar-refractivity contribution in [1.29, 1.82) is 0 Å². The van der Waals surface area contributed by atoms with Gasteiger partial charge in [-0.1, -0.05) is 6.07 Å². The molecule has 0 aliphatic heterocycles. The minimum absolute atomic E-state index is 0.125. The van der Waals surface area contributed by atoms with E-state index < -0.39 is 15.7 Å². The number of aryl methyl sites for hydroxylation is 2. The lowest BCUT2D eigenvalue weighted by Crippen LogP contribution is -2.38. The van der Waals surface area contributed by atoms with Crippen molar-refractivity contribution in [2.75, 3.05) is 19.8 Å². The van der Waals surface area contributed by atoms with Gasteiger partial charge in [0, 0.05) is 37.7 Å². The Morgan fingerprint density at radius 3 is 2.59 bits per heavy atom. The summed E-state index contributed by atoms with van der Waals surface area (Å²) in [6.45, 7) is 4.95. The summed E-state index contributed by atoms with van der Waals surface area (Å²) in [5.74, 6) is 0.0480. The summed E-state index contributed by atoms with van der Waals surface area (Å²) < 4.78 is 36.8. The van der Waals surface area contributed by atoms with E-state index in [4.69, 9.17) is 0 Å². The van der Waals surface area contributed by atoms with Crippen molar-refractivity contribution < 1.29 is 12.8 Å². The maximum atomic E-state index is 13.6. The van der Waals surface area contributed by atoms with Crippen LogP contribution in [0.1, 0.15) is 26.7 Å². The van der Waals surface area contributed by atoms with Gasteiger partial charge in [0.05, 0.1) is 16.5 Å². The van der Waals surface area contributed by atoms with E-state index in [1.54, 1.807) is 18.4 Å². The summed E-state index contributed by atoms with van der Waals surface area (Å²) >= 11 is 1.68. The van der Waals surface area contributed by atoms with E-state index >= 15 is 0 Å². The lowest BCUT2D eigenvalue weighted by molar-refractivity contribution is 0.599. The van der Waals surface area contributed by atoms with Gasteiger partial charge in [-0.25, -0.2) is 17.8 Å². The summed E-state index contributed by atoms with van der Waals surface area (Å²) in [6.07, 6.45) is 1.99. The largest absolute Gasteiger partial charge is 0.356 e. The Labute approximate surface area is 163 Å². The number of hydrogen-bond acceptors (Lipinski definition) is 5. The van der Waals surface area contributed by atoms with E-state index in [9.17, 15) is 12.8 Å². The van der Waals surface area contributed by atoms with Crippen molar-refractivity contribution in [2.45, 2.75) is 32.6 Å². The third kappa shape index (κ3) is 6.91. The Morgan fingerprint density at radius 1 is 1.26 bits per heavy atom. The molecule has 0 aliphatic rings. The second-order valence-corrected chi connectivity index (χ2v) is 9.76.